The van der Waals surface area contributed by atoms with Crippen molar-refractivity contribution in [3.05, 3.63) is 52.5 Å². The van der Waals surface area contributed by atoms with Crippen molar-refractivity contribution in [2.45, 2.75) is 26.7 Å². The summed E-state index contributed by atoms with van der Waals surface area (Å²) in [6.45, 7) is 3.82. The molecule has 5 nitrogen and oxygen atoms in total. The zero-order chi connectivity index (χ0) is 18.9. The van der Waals surface area contributed by atoms with Gasteiger partial charge in [0, 0.05) is 16.8 Å². The number of ether oxygens (including phenoxy) is 1. The predicted octanol–water partition coefficient (Wildman–Crippen LogP) is 4.32. The molecule has 2 aromatic rings. The van der Waals surface area contributed by atoms with Gasteiger partial charge in [-0.05, 0) is 50.5 Å². The molecule has 0 heterocycles. The summed E-state index contributed by atoms with van der Waals surface area (Å²) in [5.41, 5.74) is 2.07. The SMILES string of the molecule is COc1cc(Cl)c(C)cc1NC(=O)C1(C(=O)Nc2ccc(C)cc2)CC1. The Morgan fingerprint density at radius 2 is 1.65 bits per heavy atom. The van der Waals surface area contributed by atoms with Crippen LogP contribution in [0.25, 0.3) is 0 Å². The minimum Gasteiger partial charge on any atom is -0.495 e. The van der Waals surface area contributed by atoms with Crippen molar-refractivity contribution in [2.75, 3.05) is 17.7 Å². The van der Waals surface area contributed by atoms with Crippen molar-refractivity contribution >= 4 is 34.8 Å². The van der Waals surface area contributed by atoms with Gasteiger partial charge < -0.3 is 15.4 Å². The molecule has 1 saturated carbocycles. The second kappa shape index (κ2) is 7.00. The third-order valence-corrected chi connectivity index (χ3v) is 5.06. The molecule has 2 N–H and O–H groups in total. The summed E-state index contributed by atoms with van der Waals surface area (Å²) in [7, 11) is 1.51. The fraction of sp³-hybridized carbons (Fsp3) is 0.300. The topological polar surface area (TPSA) is 67.4 Å². The van der Waals surface area contributed by atoms with Gasteiger partial charge in [0.25, 0.3) is 0 Å². The quantitative estimate of drug-likeness (QED) is 0.768. The molecule has 26 heavy (non-hydrogen) atoms. The Kier molecular flexibility index (Phi) is 4.92. The van der Waals surface area contributed by atoms with Crippen molar-refractivity contribution in [3.63, 3.8) is 0 Å². The van der Waals surface area contributed by atoms with Crippen molar-refractivity contribution in [2.24, 2.45) is 5.41 Å². The summed E-state index contributed by atoms with van der Waals surface area (Å²) in [5, 5.41) is 6.21. The number of carbonyl (C=O) groups is 2. The second-order valence-electron chi connectivity index (χ2n) is 6.66. The molecule has 1 aliphatic rings. The van der Waals surface area contributed by atoms with Crippen molar-refractivity contribution < 1.29 is 14.3 Å². The normalized spacial score (nSPS) is 14.5. The van der Waals surface area contributed by atoms with E-state index in [1.165, 1.54) is 7.11 Å². The number of halogens is 1. The van der Waals surface area contributed by atoms with Gasteiger partial charge in [0.05, 0.1) is 12.8 Å². The predicted molar refractivity (Wildman–Crippen MR) is 103 cm³/mol. The van der Waals surface area contributed by atoms with Crippen LogP contribution in [0.4, 0.5) is 11.4 Å². The highest BCUT2D eigenvalue weighted by atomic mass is 35.5. The number of benzene rings is 2. The Hall–Kier alpha value is -2.53. The maximum Gasteiger partial charge on any atom is 0.240 e. The fourth-order valence-corrected chi connectivity index (χ4v) is 2.90. The number of hydrogen-bond donors (Lipinski definition) is 2. The van der Waals surface area contributed by atoms with Gasteiger partial charge in [-0.2, -0.15) is 0 Å². The van der Waals surface area contributed by atoms with Crippen molar-refractivity contribution in [1.29, 1.82) is 0 Å². The zero-order valence-corrected chi connectivity index (χ0v) is 15.7. The Labute approximate surface area is 157 Å². The lowest BCUT2D eigenvalue weighted by Gasteiger charge is -2.17. The molecule has 0 radical (unpaired) electrons. The van der Waals surface area contributed by atoms with Crippen LogP contribution in [-0.4, -0.2) is 18.9 Å². The molecule has 0 aliphatic heterocycles. The zero-order valence-electron chi connectivity index (χ0n) is 15.0. The molecular weight excluding hydrogens is 352 g/mol. The Morgan fingerprint density at radius 1 is 1.04 bits per heavy atom. The lowest BCUT2D eigenvalue weighted by molar-refractivity contribution is -0.131. The largest absolute Gasteiger partial charge is 0.495 e. The summed E-state index contributed by atoms with van der Waals surface area (Å²) in [6, 6.07) is 10.9. The molecule has 0 saturated heterocycles. The van der Waals surface area contributed by atoms with E-state index in [4.69, 9.17) is 16.3 Å². The highest BCUT2D eigenvalue weighted by Gasteiger charge is 2.56. The Bertz CT molecular complexity index is 858. The van der Waals surface area contributed by atoms with E-state index in [0.29, 0.717) is 35.0 Å². The van der Waals surface area contributed by atoms with Crippen LogP contribution >= 0.6 is 11.6 Å². The third kappa shape index (κ3) is 3.53. The van der Waals surface area contributed by atoms with Gasteiger partial charge in [0.2, 0.25) is 11.8 Å². The first-order valence-electron chi connectivity index (χ1n) is 8.39. The standard InChI is InChI=1S/C20H21ClN2O3/c1-12-4-6-14(7-5-12)22-18(24)20(8-9-20)19(25)23-16-10-13(2)15(21)11-17(16)26-3/h4-7,10-11H,8-9H2,1-3H3,(H,22,24)(H,23,25). The van der Waals surface area contributed by atoms with Crippen LogP contribution in [-0.2, 0) is 9.59 Å². The fourth-order valence-electron chi connectivity index (χ4n) is 2.74. The van der Waals surface area contributed by atoms with Gasteiger partial charge in [-0.1, -0.05) is 29.3 Å². The number of aryl methyl sites for hydroxylation is 2. The van der Waals surface area contributed by atoms with Crippen LogP contribution < -0.4 is 15.4 Å². The monoisotopic (exact) mass is 372 g/mol. The lowest BCUT2D eigenvalue weighted by Crippen LogP contribution is -2.35. The van der Waals surface area contributed by atoms with Crippen molar-refractivity contribution in [3.8, 4) is 5.75 Å². The third-order valence-electron chi connectivity index (χ3n) is 4.66. The summed E-state index contributed by atoms with van der Waals surface area (Å²) in [4.78, 5) is 25.5. The summed E-state index contributed by atoms with van der Waals surface area (Å²) in [5.74, 6) is -0.158. The Balaban J connectivity index is 1.76. The number of methoxy groups -OCH3 is 1. The van der Waals surface area contributed by atoms with Gasteiger partial charge >= 0.3 is 0 Å². The second-order valence-corrected chi connectivity index (χ2v) is 7.07. The highest BCUT2D eigenvalue weighted by molar-refractivity contribution is 6.31. The van der Waals surface area contributed by atoms with Gasteiger partial charge in [-0.3, -0.25) is 9.59 Å². The Morgan fingerprint density at radius 3 is 2.23 bits per heavy atom. The van der Waals surface area contributed by atoms with Crippen LogP contribution in [0, 0.1) is 19.3 Å². The lowest BCUT2D eigenvalue weighted by atomic mass is 10.0. The van der Waals surface area contributed by atoms with E-state index in [1.54, 1.807) is 12.1 Å². The smallest absolute Gasteiger partial charge is 0.240 e. The number of carbonyl (C=O) groups excluding carboxylic acids is 2. The van der Waals surface area contributed by atoms with Gasteiger partial charge in [-0.25, -0.2) is 0 Å². The molecular formula is C20H21ClN2O3. The van der Waals surface area contributed by atoms with Crippen LogP contribution in [0.15, 0.2) is 36.4 Å². The first-order chi connectivity index (χ1) is 12.4. The van der Waals surface area contributed by atoms with E-state index < -0.39 is 5.41 Å². The number of hydrogen-bond acceptors (Lipinski definition) is 3. The van der Waals surface area contributed by atoms with Gasteiger partial charge in [0.1, 0.15) is 11.2 Å². The number of amides is 2. The minimum absolute atomic E-state index is 0.288. The highest BCUT2D eigenvalue weighted by Crippen LogP contribution is 2.48. The molecule has 6 heteroatoms. The van der Waals surface area contributed by atoms with E-state index >= 15 is 0 Å². The minimum atomic E-state index is -1.04. The molecule has 2 amide bonds. The molecule has 136 valence electrons. The van der Waals surface area contributed by atoms with Crippen LogP contribution in [0.5, 0.6) is 5.75 Å². The summed E-state index contributed by atoms with van der Waals surface area (Å²) < 4.78 is 5.28. The number of rotatable bonds is 5. The average molecular weight is 373 g/mol. The summed E-state index contributed by atoms with van der Waals surface area (Å²) >= 11 is 6.10. The van der Waals surface area contributed by atoms with E-state index in [1.807, 2.05) is 38.1 Å². The van der Waals surface area contributed by atoms with Crippen LogP contribution in [0.2, 0.25) is 5.02 Å². The molecule has 0 unspecified atom stereocenters. The number of nitrogens with one attached hydrogen (secondary N) is 2. The van der Waals surface area contributed by atoms with Gasteiger partial charge in [0.15, 0.2) is 0 Å². The maximum atomic E-state index is 12.8. The van der Waals surface area contributed by atoms with E-state index in [2.05, 4.69) is 10.6 Å². The maximum absolute atomic E-state index is 12.8. The van der Waals surface area contributed by atoms with E-state index in [-0.39, 0.29) is 11.8 Å². The molecule has 2 aromatic carbocycles. The first kappa shape index (κ1) is 18.3. The molecule has 0 bridgehead atoms. The van der Waals surface area contributed by atoms with Crippen LogP contribution in [0.3, 0.4) is 0 Å². The van der Waals surface area contributed by atoms with Crippen LogP contribution in [0.1, 0.15) is 24.0 Å². The molecule has 1 fully saturated rings. The average Bonchev–Trinajstić information content (AvgIpc) is 3.42. The molecule has 1 aliphatic carbocycles. The molecule has 0 atom stereocenters. The first-order valence-corrected chi connectivity index (χ1v) is 8.77. The molecule has 0 aromatic heterocycles. The van der Waals surface area contributed by atoms with E-state index in [0.717, 1.165) is 11.1 Å². The molecule has 3 rings (SSSR count). The number of anilines is 2. The molecule has 0 spiro atoms. The van der Waals surface area contributed by atoms with Crippen molar-refractivity contribution in [1.82, 2.24) is 0 Å². The summed E-state index contributed by atoms with van der Waals surface area (Å²) in [6.07, 6.45) is 1.04. The van der Waals surface area contributed by atoms with Gasteiger partial charge in [-0.15, -0.1) is 0 Å². The van der Waals surface area contributed by atoms with E-state index in [9.17, 15) is 9.59 Å².